The van der Waals surface area contributed by atoms with Gasteiger partial charge < -0.3 is 33.8 Å². The molecule has 0 saturated heterocycles. The van der Waals surface area contributed by atoms with E-state index in [-0.39, 0.29) is 25.7 Å². The third kappa shape index (κ3) is 53.2. The Morgan fingerprint density at radius 2 is 0.519 bits per heavy atom. The quantitative estimate of drug-likeness (QED) is 0.0222. The molecule has 0 aliphatic rings. The zero-order chi connectivity index (χ0) is 56.9. The maximum atomic E-state index is 12.9. The number of phosphoric acid groups is 2. The molecule has 0 aromatic carbocycles. The van der Waals surface area contributed by atoms with Crippen molar-refractivity contribution in [1.29, 1.82) is 0 Å². The van der Waals surface area contributed by atoms with E-state index < -0.39 is 97.5 Å². The molecule has 0 radical (unpaired) electrons. The van der Waals surface area contributed by atoms with Gasteiger partial charge in [0.15, 0.2) is 12.2 Å². The SMILES string of the molecule is CCCCCCCCCCCCCCC(=O)O[C@H](COC(=O)CCCCCCCCCCCC)COP(=O)(O)OC[C@H](O)COP(=O)(O)OC[C@@H](COC(=O)CCCCCCCCCCC)OC(=O)CCCCCCCC. The summed E-state index contributed by atoms with van der Waals surface area (Å²) in [5.74, 6) is -2.15. The van der Waals surface area contributed by atoms with Crippen LogP contribution in [-0.4, -0.2) is 96.7 Å². The van der Waals surface area contributed by atoms with Crippen LogP contribution in [0.25, 0.3) is 0 Å². The van der Waals surface area contributed by atoms with Crippen molar-refractivity contribution in [2.24, 2.45) is 0 Å². The summed E-state index contributed by atoms with van der Waals surface area (Å²) >= 11 is 0. The van der Waals surface area contributed by atoms with E-state index in [1.807, 2.05) is 0 Å². The number of ether oxygens (including phenoxy) is 4. The van der Waals surface area contributed by atoms with Gasteiger partial charge in [-0.25, -0.2) is 9.13 Å². The van der Waals surface area contributed by atoms with Crippen LogP contribution in [-0.2, 0) is 65.4 Å². The first kappa shape index (κ1) is 75.1. The topological polar surface area (TPSA) is 237 Å². The fourth-order valence-corrected chi connectivity index (χ4v) is 10.2. The van der Waals surface area contributed by atoms with Crippen molar-refractivity contribution in [2.45, 2.75) is 309 Å². The van der Waals surface area contributed by atoms with Gasteiger partial charge in [0.25, 0.3) is 0 Å². The Bertz CT molecular complexity index is 1500. The fourth-order valence-electron chi connectivity index (χ4n) is 8.57. The Morgan fingerprint density at radius 3 is 0.766 bits per heavy atom. The van der Waals surface area contributed by atoms with Crippen molar-refractivity contribution in [3.05, 3.63) is 0 Å². The molecule has 0 heterocycles. The van der Waals surface area contributed by atoms with E-state index >= 15 is 0 Å². The number of hydrogen-bond acceptors (Lipinski definition) is 15. The average molecular weight is 1140 g/mol. The van der Waals surface area contributed by atoms with Crippen molar-refractivity contribution in [3.63, 3.8) is 0 Å². The van der Waals surface area contributed by atoms with E-state index in [0.717, 1.165) is 96.3 Å². The number of esters is 4. The monoisotopic (exact) mass is 1140 g/mol. The molecule has 0 aromatic rings. The van der Waals surface area contributed by atoms with Crippen LogP contribution in [0.1, 0.15) is 291 Å². The molecule has 456 valence electrons. The van der Waals surface area contributed by atoms with Gasteiger partial charge in [-0.15, -0.1) is 0 Å². The van der Waals surface area contributed by atoms with Crippen LogP contribution in [0.2, 0.25) is 0 Å². The molecule has 0 saturated carbocycles. The molecule has 19 heteroatoms. The van der Waals surface area contributed by atoms with Gasteiger partial charge in [0.2, 0.25) is 0 Å². The van der Waals surface area contributed by atoms with E-state index in [0.29, 0.717) is 25.7 Å². The van der Waals surface area contributed by atoms with E-state index in [1.165, 1.54) is 116 Å². The lowest BCUT2D eigenvalue weighted by Crippen LogP contribution is -2.30. The highest BCUT2D eigenvalue weighted by Crippen LogP contribution is 2.45. The van der Waals surface area contributed by atoms with Crippen molar-refractivity contribution < 1.29 is 80.2 Å². The number of unbranched alkanes of at least 4 members (excludes halogenated alkanes) is 33. The van der Waals surface area contributed by atoms with Crippen molar-refractivity contribution in [2.75, 3.05) is 39.6 Å². The largest absolute Gasteiger partial charge is 0.472 e. The van der Waals surface area contributed by atoms with Crippen LogP contribution in [0.3, 0.4) is 0 Å². The Balaban J connectivity index is 5.18. The number of aliphatic hydroxyl groups is 1. The van der Waals surface area contributed by atoms with Crippen LogP contribution >= 0.6 is 15.6 Å². The van der Waals surface area contributed by atoms with Crippen LogP contribution < -0.4 is 0 Å². The van der Waals surface area contributed by atoms with Crippen molar-refractivity contribution in [1.82, 2.24) is 0 Å². The Morgan fingerprint density at radius 1 is 0.312 bits per heavy atom. The van der Waals surface area contributed by atoms with Gasteiger partial charge in [0.1, 0.15) is 19.3 Å². The van der Waals surface area contributed by atoms with Gasteiger partial charge in [0, 0.05) is 25.7 Å². The van der Waals surface area contributed by atoms with Crippen LogP contribution in [0.4, 0.5) is 0 Å². The summed E-state index contributed by atoms with van der Waals surface area (Å²) < 4.78 is 67.5. The fraction of sp³-hybridized carbons (Fsp3) is 0.931. The Kier molecular flexibility index (Phi) is 52.0. The molecular formula is C58H112O17P2. The highest BCUT2D eigenvalue weighted by atomic mass is 31.2. The molecule has 77 heavy (non-hydrogen) atoms. The zero-order valence-electron chi connectivity index (χ0n) is 48.9. The highest BCUT2D eigenvalue weighted by molar-refractivity contribution is 7.47. The van der Waals surface area contributed by atoms with Gasteiger partial charge >= 0.3 is 39.5 Å². The minimum Gasteiger partial charge on any atom is -0.462 e. The van der Waals surface area contributed by atoms with Gasteiger partial charge in [-0.3, -0.25) is 37.3 Å². The molecule has 0 aliphatic heterocycles. The molecule has 0 fully saturated rings. The summed E-state index contributed by atoms with van der Waals surface area (Å²) in [7, 11) is -9.86. The van der Waals surface area contributed by atoms with E-state index in [4.69, 9.17) is 37.0 Å². The third-order valence-electron chi connectivity index (χ3n) is 13.4. The van der Waals surface area contributed by atoms with Crippen molar-refractivity contribution in [3.8, 4) is 0 Å². The first-order valence-corrected chi connectivity index (χ1v) is 33.8. The molecular weight excluding hydrogens is 1030 g/mol. The second-order valence-corrected chi connectivity index (χ2v) is 23.9. The lowest BCUT2D eigenvalue weighted by atomic mass is 10.0. The molecule has 0 bridgehead atoms. The standard InChI is InChI=1S/C58H112O17P2/c1-5-9-13-17-21-24-26-27-30-33-37-41-45-58(63)75-54(49-69-56(61)43-39-36-32-29-25-22-18-14-10-6-2)51-73-77(66,67)71-47-52(59)46-70-76(64,65)72-50-53(74-57(62)44-40-34-20-16-12-8-4)48-68-55(60)42-38-35-31-28-23-19-15-11-7-3/h52-54,59H,5-51H2,1-4H3,(H,64,65)(H,66,67)/t52-,53-,54-/m1/s1. The van der Waals surface area contributed by atoms with Gasteiger partial charge in [-0.05, 0) is 25.7 Å². The van der Waals surface area contributed by atoms with Crippen LogP contribution in [0, 0.1) is 0 Å². The summed E-state index contributed by atoms with van der Waals surface area (Å²) in [4.78, 5) is 71.7. The number of carbonyl (C=O) groups is 4. The smallest absolute Gasteiger partial charge is 0.462 e. The Hall–Kier alpha value is -1.94. The zero-order valence-corrected chi connectivity index (χ0v) is 50.7. The van der Waals surface area contributed by atoms with Gasteiger partial charge in [-0.1, -0.05) is 240 Å². The minimum absolute atomic E-state index is 0.102. The van der Waals surface area contributed by atoms with Crippen LogP contribution in [0.5, 0.6) is 0 Å². The molecule has 0 amide bonds. The summed E-state index contributed by atoms with van der Waals surface area (Å²) in [5, 5.41) is 10.5. The van der Waals surface area contributed by atoms with Gasteiger partial charge in [-0.2, -0.15) is 0 Å². The second-order valence-electron chi connectivity index (χ2n) is 21.0. The predicted molar refractivity (Wildman–Crippen MR) is 303 cm³/mol. The molecule has 0 spiro atoms. The van der Waals surface area contributed by atoms with Crippen LogP contribution in [0.15, 0.2) is 0 Å². The molecule has 0 aliphatic carbocycles. The maximum Gasteiger partial charge on any atom is 0.472 e. The lowest BCUT2D eigenvalue weighted by molar-refractivity contribution is -0.161. The predicted octanol–water partition coefficient (Wildman–Crippen LogP) is 15.6. The molecule has 0 rings (SSSR count). The number of carbonyl (C=O) groups excluding carboxylic acids is 4. The molecule has 3 N–H and O–H groups in total. The lowest BCUT2D eigenvalue weighted by Gasteiger charge is -2.21. The summed E-state index contributed by atoms with van der Waals surface area (Å²) in [6.45, 7) is 4.76. The molecule has 0 aromatic heterocycles. The highest BCUT2D eigenvalue weighted by Gasteiger charge is 2.30. The molecule has 5 atom stereocenters. The maximum absolute atomic E-state index is 12.9. The molecule has 17 nitrogen and oxygen atoms in total. The van der Waals surface area contributed by atoms with E-state index in [1.54, 1.807) is 0 Å². The van der Waals surface area contributed by atoms with Crippen molar-refractivity contribution >= 4 is 39.5 Å². The van der Waals surface area contributed by atoms with E-state index in [2.05, 4.69) is 27.7 Å². The summed E-state index contributed by atoms with van der Waals surface area (Å²) in [6, 6.07) is 0. The Labute approximate surface area is 467 Å². The first-order valence-electron chi connectivity index (χ1n) is 30.8. The molecule has 2 unspecified atom stereocenters. The average Bonchev–Trinajstić information content (AvgIpc) is 3.40. The van der Waals surface area contributed by atoms with E-state index in [9.17, 15) is 43.2 Å². The summed E-state index contributed by atoms with van der Waals surface area (Å²) in [6.07, 6.45) is 36.3. The third-order valence-corrected chi connectivity index (χ3v) is 15.3. The number of phosphoric ester groups is 2. The first-order chi connectivity index (χ1) is 37.2. The van der Waals surface area contributed by atoms with Gasteiger partial charge in [0.05, 0.1) is 26.4 Å². The summed E-state index contributed by atoms with van der Waals surface area (Å²) in [5.41, 5.74) is 0. The minimum atomic E-state index is -4.93. The number of aliphatic hydroxyl groups excluding tert-OH is 1. The number of rotatable bonds is 59. The normalized spacial score (nSPS) is 14.3. The second kappa shape index (κ2) is 53.4. The number of hydrogen-bond donors (Lipinski definition) is 3.